The molecule has 3 nitrogen and oxygen atoms in total. The molecule has 0 spiro atoms. The number of carbonyl (C=O) groups is 1. The standard InChI is InChI=1S/C22H23NO2/c1-2-25-22(24)23-18-13-14-20(23)21(17-11-7-4-8-12-17)19(15-18)16-9-5-3-6-10-16/h3-12,18,20H,2,13-15H2,1H3/t18-,20+/m0/s1. The van der Waals surface area contributed by atoms with Gasteiger partial charge in [-0.3, -0.25) is 4.90 Å². The van der Waals surface area contributed by atoms with Crippen molar-refractivity contribution < 1.29 is 9.53 Å². The van der Waals surface area contributed by atoms with Crippen LogP contribution in [0.2, 0.25) is 0 Å². The summed E-state index contributed by atoms with van der Waals surface area (Å²) in [5, 5.41) is 0. The molecule has 3 heteroatoms. The van der Waals surface area contributed by atoms with E-state index in [0.29, 0.717) is 6.61 Å². The minimum absolute atomic E-state index is 0.107. The van der Waals surface area contributed by atoms with Gasteiger partial charge in [0.2, 0.25) is 0 Å². The van der Waals surface area contributed by atoms with E-state index < -0.39 is 0 Å². The molecule has 2 aromatic rings. The van der Waals surface area contributed by atoms with Gasteiger partial charge >= 0.3 is 6.09 Å². The molecular formula is C22H23NO2. The average molecular weight is 333 g/mol. The summed E-state index contributed by atoms with van der Waals surface area (Å²) in [6.45, 7) is 2.29. The molecule has 2 atom stereocenters. The number of amides is 1. The first kappa shape index (κ1) is 15.9. The largest absolute Gasteiger partial charge is 0.450 e. The third kappa shape index (κ3) is 2.84. The van der Waals surface area contributed by atoms with Gasteiger partial charge in [0.15, 0.2) is 0 Å². The van der Waals surface area contributed by atoms with Gasteiger partial charge in [-0.2, -0.15) is 0 Å². The molecule has 4 rings (SSSR count). The highest BCUT2D eigenvalue weighted by Gasteiger charge is 2.45. The van der Waals surface area contributed by atoms with Crippen molar-refractivity contribution in [2.75, 3.05) is 6.61 Å². The van der Waals surface area contributed by atoms with Crippen molar-refractivity contribution >= 4 is 17.2 Å². The quantitative estimate of drug-likeness (QED) is 0.792. The molecule has 2 bridgehead atoms. The Labute approximate surface area is 148 Å². The van der Waals surface area contributed by atoms with Crippen molar-refractivity contribution in [3.05, 3.63) is 71.8 Å². The topological polar surface area (TPSA) is 29.5 Å². The lowest BCUT2D eigenvalue weighted by molar-refractivity contribution is 0.0947. The fourth-order valence-electron chi connectivity index (χ4n) is 4.28. The van der Waals surface area contributed by atoms with E-state index in [9.17, 15) is 4.79 Å². The third-order valence-corrected chi connectivity index (χ3v) is 5.29. The Kier molecular flexibility index (Phi) is 4.31. The van der Waals surface area contributed by atoms with Crippen LogP contribution in [0.4, 0.5) is 4.79 Å². The van der Waals surface area contributed by atoms with Crippen LogP contribution in [-0.2, 0) is 4.74 Å². The number of hydrogen-bond acceptors (Lipinski definition) is 2. The Bertz CT molecular complexity index is 782. The second kappa shape index (κ2) is 6.75. The zero-order chi connectivity index (χ0) is 17.2. The minimum Gasteiger partial charge on any atom is -0.450 e. The smallest absolute Gasteiger partial charge is 0.410 e. The lowest BCUT2D eigenvalue weighted by Gasteiger charge is -2.37. The SMILES string of the molecule is CCOC(=O)N1[C@H]2CC[C@@H]1C(c1ccccc1)=C(c1ccccc1)C2. The zero-order valence-corrected chi connectivity index (χ0v) is 14.5. The molecule has 0 aromatic heterocycles. The summed E-state index contributed by atoms with van der Waals surface area (Å²) in [5.41, 5.74) is 5.14. The van der Waals surface area contributed by atoms with E-state index in [0.717, 1.165) is 19.3 Å². The van der Waals surface area contributed by atoms with Crippen molar-refractivity contribution in [1.82, 2.24) is 4.90 Å². The normalized spacial score (nSPS) is 22.2. The highest BCUT2D eigenvalue weighted by Crippen LogP contribution is 2.47. The average Bonchev–Trinajstić information content (AvgIpc) is 2.97. The van der Waals surface area contributed by atoms with Crippen molar-refractivity contribution in [3.8, 4) is 0 Å². The van der Waals surface area contributed by atoms with E-state index in [-0.39, 0.29) is 18.2 Å². The molecule has 1 saturated heterocycles. The second-order valence-electron chi connectivity index (χ2n) is 6.68. The highest BCUT2D eigenvalue weighted by atomic mass is 16.6. The Balaban J connectivity index is 1.84. The van der Waals surface area contributed by atoms with Crippen molar-refractivity contribution in [3.63, 3.8) is 0 Å². The number of hydrogen-bond donors (Lipinski definition) is 0. The van der Waals surface area contributed by atoms with Crippen LogP contribution in [-0.4, -0.2) is 29.7 Å². The maximum absolute atomic E-state index is 12.6. The van der Waals surface area contributed by atoms with Crippen LogP contribution in [0.5, 0.6) is 0 Å². The molecule has 0 radical (unpaired) electrons. The number of nitrogens with zero attached hydrogens (tertiary/aromatic N) is 1. The van der Waals surface area contributed by atoms with Crippen molar-refractivity contribution in [1.29, 1.82) is 0 Å². The summed E-state index contributed by atoms with van der Waals surface area (Å²) in [4.78, 5) is 14.5. The molecule has 1 fully saturated rings. The summed E-state index contributed by atoms with van der Waals surface area (Å²) in [5.74, 6) is 0. The molecule has 0 saturated carbocycles. The molecule has 2 heterocycles. The van der Waals surface area contributed by atoms with Crippen LogP contribution in [0.3, 0.4) is 0 Å². The first-order chi connectivity index (χ1) is 12.3. The first-order valence-electron chi connectivity index (χ1n) is 9.08. The Morgan fingerprint density at radius 1 is 1.00 bits per heavy atom. The van der Waals surface area contributed by atoms with Crippen LogP contribution in [0, 0.1) is 0 Å². The zero-order valence-electron chi connectivity index (χ0n) is 14.5. The number of rotatable bonds is 3. The van der Waals surface area contributed by atoms with Crippen LogP contribution >= 0.6 is 0 Å². The first-order valence-corrected chi connectivity index (χ1v) is 9.08. The summed E-state index contributed by atoms with van der Waals surface area (Å²) in [7, 11) is 0. The molecule has 1 amide bonds. The van der Waals surface area contributed by atoms with Gasteiger partial charge in [-0.15, -0.1) is 0 Å². The van der Waals surface area contributed by atoms with E-state index in [1.165, 1.54) is 22.3 Å². The molecule has 0 unspecified atom stereocenters. The molecule has 2 aromatic carbocycles. The van der Waals surface area contributed by atoms with Gasteiger partial charge in [0.05, 0.1) is 12.6 Å². The molecular weight excluding hydrogens is 310 g/mol. The molecule has 2 aliphatic rings. The number of carbonyl (C=O) groups excluding carboxylic acids is 1. The fourth-order valence-corrected chi connectivity index (χ4v) is 4.28. The van der Waals surface area contributed by atoms with Gasteiger partial charge in [0.1, 0.15) is 0 Å². The lowest BCUT2D eigenvalue weighted by Crippen LogP contribution is -2.45. The van der Waals surface area contributed by atoms with Crippen molar-refractivity contribution in [2.24, 2.45) is 0 Å². The van der Waals surface area contributed by atoms with Crippen LogP contribution in [0.15, 0.2) is 60.7 Å². The second-order valence-corrected chi connectivity index (χ2v) is 6.68. The molecule has 128 valence electrons. The molecule has 0 N–H and O–H groups in total. The van der Waals surface area contributed by atoms with Gasteiger partial charge < -0.3 is 4.74 Å². The van der Waals surface area contributed by atoms with Gasteiger partial charge in [-0.25, -0.2) is 4.79 Å². The monoisotopic (exact) mass is 333 g/mol. The van der Waals surface area contributed by atoms with Crippen LogP contribution < -0.4 is 0 Å². The minimum atomic E-state index is -0.171. The lowest BCUT2D eigenvalue weighted by atomic mass is 9.85. The predicted octanol–water partition coefficient (Wildman–Crippen LogP) is 4.99. The fraction of sp³-hybridized carbons (Fsp3) is 0.318. The number of fused-ring (bicyclic) bond motifs is 2. The third-order valence-electron chi connectivity index (χ3n) is 5.29. The summed E-state index contributed by atoms with van der Waals surface area (Å²) in [6, 6.07) is 21.4. The van der Waals surface area contributed by atoms with Gasteiger partial charge in [-0.05, 0) is 48.5 Å². The maximum Gasteiger partial charge on any atom is 0.410 e. The van der Waals surface area contributed by atoms with Crippen molar-refractivity contribution in [2.45, 2.75) is 38.3 Å². The number of ether oxygens (including phenoxy) is 1. The Morgan fingerprint density at radius 3 is 2.28 bits per heavy atom. The van der Waals surface area contributed by atoms with E-state index in [2.05, 4.69) is 54.6 Å². The molecule has 0 aliphatic carbocycles. The van der Waals surface area contributed by atoms with Crippen LogP contribution in [0.1, 0.15) is 37.3 Å². The summed E-state index contributed by atoms with van der Waals surface area (Å²) < 4.78 is 5.35. The van der Waals surface area contributed by atoms with E-state index in [1.54, 1.807) is 0 Å². The van der Waals surface area contributed by atoms with Gasteiger partial charge in [0.25, 0.3) is 0 Å². The highest BCUT2D eigenvalue weighted by molar-refractivity contribution is 5.96. The molecule has 25 heavy (non-hydrogen) atoms. The molecule has 2 aliphatic heterocycles. The summed E-state index contributed by atoms with van der Waals surface area (Å²) in [6.07, 6.45) is 2.76. The van der Waals surface area contributed by atoms with E-state index in [4.69, 9.17) is 4.74 Å². The maximum atomic E-state index is 12.6. The summed E-state index contributed by atoms with van der Waals surface area (Å²) >= 11 is 0. The van der Waals surface area contributed by atoms with E-state index >= 15 is 0 Å². The Morgan fingerprint density at radius 2 is 1.64 bits per heavy atom. The van der Waals surface area contributed by atoms with Crippen LogP contribution in [0.25, 0.3) is 11.1 Å². The van der Waals surface area contributed by atoms with Gasteiger partial charge in [-0.1, -0.05) is 60.7 Å². The van der Waals surface area contributed by atoms with E-state index in [1.807, 2.05) is 17.9 Å². The predicted molar refractivity (Wildman–Crippen MR) is 100.0 cm³/mol. The Hall–Kier alpha value is -2.55. The number of benzene rings is 2. The van der Waals surface area contributed by atoms with Gasteiger partial charge in [0, 0.05) is 6.04 Å².